The number of hydrogen-bond acceptors (Lipinski definition) is 0. The molecule has 0 unspecified atom stereocenters. The summed E-state index contributed by atoms with van der Waals surface area (Å²) in [4.78, 5) is 0. The van der Waals surface area contributed by atoms with Crippen LogP contribution in [0.25, 0.3) is 0 Å². The van der Waals surface area contributed by atoms with E-state index in [1.807, 2.05) is 0 Å². The molecule has 54 valence electrons. The molecule has 0 aliphatic heterocycles. The molecular formula is CdMgO6WZn-6. The van der Waals surface area contributed by atoms with E-state index in [1.54, 1.807) is 0 Å². The van der Waals surface area contributed by atoms with E-state index in [0.29, 0.717) is 0 Å². The van der Waals surface area contributed by atoms with Gasteiger partial charge in [-0.1, -0.05) is 0 Å². The molecule has 0 aromatic rings. The molecule has 0 aliphatic carbocycles. The van der Waals surface area contributed by atoms with Crippen LogP contribution in [0, 0.1) is 0 Å². The zero-order valence-electron chi connectivity index (χ0n) is 4.98. The zero-order chi connectivity index (χ0) is 0. The molecule has 10 heavy (non-hydrogen) atoms. The van der Waals surface area contributed by atoms with E-state index in [1.165, 1.54) is 0 Å². The average molecular weight is 482 g/mol. The van der Waals surface area contributed by atoms with Gasteiger partial charge in [0.1, 0.15) is 0 Å². The predicted octanol–water partition coefficient (Wildman–Crippen LogP) is -1.10. The van der Waals surface area contributed by atoms with Gasteiger partial charge in [-0.3, -0.25) is 0 Å². The Morgan fingerprint density at radius 1 is 0.500 bits per heavy atom. The smallest absolute Gasteiger partial charge is 2.00 e. The van der Waals surface area contributed by atoms with Crippen molar-refractivity contribution in [3.05, 3.63) is 0 Å². The molecule has 10 heteroatoms. The van der Waals surface area contributed by atoms with Gasteiger partial charge in [-0.05, 0) is 0 Å². The van der Waals surface area contributed by atoms with Gasteiger partial charge < -0.3 is 32.9 Å². The summed E-state index contributed by atoms with van der Waals surface area (Å²) in [5, 5.41) is 0. The van der Waals surface area contributed by atoms with Gasteiger partial charge in [-0.2, -0.15) is 0 Å². The van der Waals surface area contributed by atoms with Gasteiger partial charge in [0.15, 0.2) is 0 Å². The molecule has 0 aliphatic rings. The van der Waals surface area contributed by atoms with Gasteiger partial charge in [-0.15, -0.1) is 0 Å². The van der Waals surface area contributed by atoms with Gasteiger partial charge in [0.05, 0.1) is 0 Å². The summed E-state index contributed by atoms with van der Waals surface area (Å²) in [7, 11) is 0. The van der Waals surface area contributed by atoms with Gasteiger partial charge in [0.25, 0.3) is 0 Å². The first kappa shape index (κ1) is 232. The maximum Gasteiger partial charge on any atom is 2.00 e. The van der Waals surface area contributed by atoms with E-state index in [4.69, 9.17) is 0 Å². The quantitative estimate of drug-likeness (QED) is 0.382. The maximum absolute atomic E-state index is 0. The standard InChI is InChI=1S/Cd.Mg.6O.W.Zn/q2*+2;6*-2;;+2. The monoisotopic (exact) mass is 482 g/mol. The van der Waals surface area contributed by atoms with Crippen LogP contribution in [0.4, 0.5) is 0 Å². The van der Waals surface area contributed by atoms with Gasteiger partial charge >= 0.3 is 69.8 Å². The SMILES string of the molecule is [Cd+2].[Mg+2].[O-2].[O-2].[O-2].[O-2].[O-2].[O-2].[W].[Zn+2]. The van der Waals surface area contributed by atoms with Crippen LogP contribution >= 0.6 is 0 Å². The molecule has 0 N–H and O–H groups in total. The third-order valence-corrected chi connectivity index (χ3v) is 0. The van der Waals surface area contributed by atoms with E-state index in [-0.39, 0.29) is 124 Å². The Balaban J connectivity index is 0. The summed E-state index contributed by atoms with van der Waals surface area (Å²) in [6, 6.07) is 0. The van der Waals surface area contributed by atoms with Crippen LogP contribution in [0.5, 0.6) is 0 Å². The van der Waals surface area contributed by atoms with Crippen LogP contribution in [0.3, 0.4) is 0 Å². The predicted molar refractivity (Wildman–Crippen MR) is 9.87 cm³/mol. The second-order valence-electron chi connectivity index (χ2n) is 0. The summed E-state index contributed by atoms with van der Waals surface area (Å²) in [5.41, 5.74) is 0. The minimum atomic E-state index is 0. The van der Waals surface area contributed by atoms with Crippen molar-refractivity contribution in [3.63, 3.8) is 0 Å². The van der Waals surface area contributed by atoms with E-state index >= 15 is 0 Å². The molecule has 0 rings (SSSR count). The minimum absolute atomic E-state index is 0. The summed E-state index contributed by atoms with van der Waals surface area (Å²) in [5.74, 6) is 0. The molecule has 0 atom stereocenters. The molecule has 0 radical (unpaired) electrons. The fourth-order valence-electron chi connectivity index (χ4n) is 0. The maximum atomic E-state index is 0. The van der Waals surface area contributed by atoms with E-state index < -0.39 is 0 Å². The van der Waals surface area contributed by atoms with E-state index in [0.717, 1.165) is 0 Å². The van der Waals surface area contributed by atoms with Gasteiger partial charge in [-0.25, -0.2) is 0 Å². The molecule has 0 saturated heterocycles. The molecule has 0 fully saturated rings. The van der Waals surface area contributed by atoms with Crippen LogP contribution in [-0.4, -0.2) is 23.1 Å². The first-order valence-corrected chi connectivity index (χ1v) is 0. The topological polar surface area (TPSA) is 171 Å². The second-order valence-corrected chi connectivity index (χ2v) is 0. The van der Waals surface area contributed by atoms with Crippen LogP contribution < -0.4 is 0 Å². The Hall–Kier alpha value is 2.76. The molecule has 0 saturated carbocycles. The minimum Gasteiger partial charge on any atom is -2.00 e. The van der Waals surface area contributed by atoms with Crippen LogP contribution in [-0.2, 0) is 101 Å². The first-order chi connectivity index (χ1) is 0. The largest absolute Gasteiger partial charge is 2.00 e. The molecular weight excluding hydrogens is 482 g/mol. The van der Waals surface area contributed by atoms with E-state index in [9.17, 15) is 0 Å². The Labute approximate surface area is 122 Å². The van der Waals surface area contributed by atoms with Gasteiger partial charge in [0, 0.05) is 21.1 Å². The van der Waals surface area contributed by atoms with Crippen molar-refractivity contribution in [2.45, 2.75) is 0 Å². The number of hydrogen-bond donors (Lipinski definition) is 0. The molecule has 6 nitrogen and oxygen atoms in total. The fourth-order valence-corrected chi connectivity index (χ4v) is 0. The van der Waals surface area contributed by atoms with Crippen LogP contribution in [0.1, 0.15) is 0 Å². The third-order valence-electron chi connectivity index (χ3n) is 0. The normalized spacial score (nSPS) is 0. The van der Waals surface area contributed by atoms with Crippen LogP contribution in [0.15, 0.2) is 0 Å². The van der Waals surface area contributed by atoms with Crippen molar-refractivity contribution in [1.29, 1.82) is 0 Å². The molecule has 0 spiro atoms. The molecule has 0 bridgehead atoms. The van der Waals surface area contributed by atoms with Crippen molar-refractivity contribution in [2.24, 2.45) is 0 Å². The zero-order valence-corrected chi connectivity index (χ0v) is 16.3. The summed E-state index contributed by atoms with van der Waals surface area (Å²) in [6.45, 7) is 0. The summed E-state index contributed by atoms with van der Waals surface area (Å²) in [6.07, 6.45) is 0. The Morgan fingerprint density at radius 2 is 0.500 bits per heavy atom. The van der Waals surface area contributed by atoms with Crippen molar-refractivity contribution >= 4 is 23.1 Å². The Bertz CT molecular complexity index is 17.7. The molecule has 0 amide bonds. The third kappa shape index (κ3) is 135. The molecule has 0 aromatic heterocycles. The Kier molecular flexibility index (Phi) is 4140. The van der Waals surface area contributed by atoms with Crippen molar-refractivity contribution < 1.29 is 101 Å². The average Bonchev–Trinajstić information content (AvgIpc) is 0. The van der Waals surface area contributed by atoms with Crippen LogP contribution in [0.2, 0.25) is 0 Å². The summed E-state index contributed by atoms with van der Waals surface area (Å²) >= 11 is 0. The first-order valence-electron chi connectivity index (χ1n) is 0. The number of rotatable bonds is 0. The van der Waals surface area contributed by atoms with Crippen molar-refractivity contribution in [3.8, 4) is 0 Å². The van der Waals surface area contributed by atoms with Gasteiger partial charge in [0.2, 0.25) is 0 Å². The van der Waals surface area contributed by atoms with E-state index in [2.05, 4.69) is 0 Å². The van der Waals surface area contributed by atoms with Crippen molar-refractivity contribution in [2.75, 3.05) is 0 Å². The Morgan fingerprint density at radius 3 is 0.500 bits per heavy atom. The summed E-state index contributed by atoms with van der Waals surface area (Å²) < 4.78 is 0. The van der Waals surface area contributed by atoms with Crippen molar-refractivity contribution in [1.82, 2.24) is 0 Å². The second kappa shape index (κ2) is 179. The molecule has 0 heterocycles. The fraction of sp³-hybridized carbons (Fsp3) is 0. The molecule has 0 aromatic carbocycles.